The molecule has 6 nitrogen and oxygen atoms in total. The molecule has 3 rings (SSSR count). The summed E-state index contributed by atoms with van der Waals surface area (Å²) < 4.78 is 28.8. The molecule has 148 valence electrons. The summed E-state index contributed by atoms with van der Waals surface area (Å²) in [5.74, 6) is -0.0885. The molecule has 1 unspecified atom stereocenters. The third-order valence-electron chi connectivity index (χ3n) is 5.26. The van der Waals surface area contributed by atoms with Crippen LogP contribution in [0.4, 0.5) is 0 Å². The van der Waals surface area contributed by atoms with Crippen molar-refractivity contribution in [3.8, 4) is 0 Å². The van der Waals surface area contributed by atoms with E-state index >= 15 is 0 Å². The molecule has 0 saturated carbocycles. The first-order chi connectivity index (χ1) is 13.1. The van der Waals surface area contributed by atoms with E-state index in [-0.39, 0.29) is 23.3 Å². The Kier molecular flexibility index (Phi) is 5.32. The lowest BCUT2D eigenvalue weighted by molar-refractivity contribution is -0.131. The number of nitrogens with two attached hydrogens (primary N) is 1. The second-order valence-corrected chi connectivity index (χ2v) is 8.73. The van der Waals surface area contributed by atoms with Gasteiger partial charge in [-0.3, -0.25) is 4.79 Å². The zero-order valence-electron chi connectivity index (χ0n) is 16.4. The lowest BCUT2D eigenvalue weighted by atomic mass is 10.0. The molecule has 0 fully saturated rings. The summed E-state index contributed by atoms with van der Waals surface area (Å²) in [6, 6.07) is 10.1. The van der Waals surface area contributed by atoms with Crippen LogP contribution in [0.5, 0.6) is 0 Å². The van der Waals surface area contributed by atoms with Crippen molar-refractivity contribution in [1.82, 2.24) is 4.90 Å². The molecule has 0 aliphatic carbocycles. The van der Waals surface area contributed by atoms with Gasteiger partial charge < -0.3 is 9.32 Å². The molecule has 0 bridgehead atoms. The Labute approximate surface area is 165 Å². The molecule has 1 aromatic heterocycles. The van der Waals surface area contributed by atoms with E-state index in [0.29, 0.717) is 5.56 Å². The molecule has 0 spiro atoms. The fraction of sp³-hybridized carbons (Fsp3) is 0.286. The minimum atomic E-state index is -3.79. The van der Waals surface area contributed by atoms with Crippen molar-refractivity contribution in [1.29, 1.82) is 0 Å². The summed E-state index contributed by atoms with van der Waals surface area (Å²) >= 11 is 0. The first-order valence-electron chi connectivity index (χ1n) is 8.93. The highest BCUT2D eigenvalue weighted by Crippen LogP contribution is 2.27. The number of amides is 1. The van der Waals surface area contributed by atoms with E-state index in [2.05, 4.69) is 0 Å². The summed E-state index contributed by atoms with van der Waals surface area (Å²) in [6.07, 6.45) is 1.83. The zero-order valence-corrected chi connectivity index (χ0v) is 17.2. The quantitative estimate of drug-likeness (QED) is 0.710. The van der Waals surface area contributed by atoms with Gasteiger partial charge >= 0.3 is 0 Å². The van der Waals surface area contributed by atoms with Crippen molar-refractivity contribution in [2.24, 2.45) is 5.14 Å². The molecule has 7 heteroatoms. The van der Waals surface area contributed by atoms with E-state index in [1.165, 1.54) is 12.1 Å². The number of hydrogen-bond acceptors (Lipinski definition) is 4. The Balaban J connectivity index is 1.82. The van der Waals surface area contributed by atoms with Crippen LogP contribution in [0.2, 0.25) is 0 Å². The molecule has 1 heterocycles. The molecule has 1 atom stereocenters. The Morgan fingerprint density at radius 2 is 1.86 bits per heavy atom. The van der Waals surface area contributed by atoms with Crippen LogP contribution in [-0.2, 0) is 21.2 Å². The van der Waals surface area contributed by atoms with Gasteiger partial charge in [0.25, 0.3) is 0 Å². The molecule has 2 aromatic carbocycles. The lowest BCUT2D eigenvalue weighted by Gasteiger charge is -2.25. The zero-order chi connectivity index (χ0) is 20.6. The maximum absolute atomic E-state index is 12.8. The summed E-state index contributed by atoms with van der Waals surface area (Å²) in [4.78, 5) is 14.5. The Bertz CT molecular complexity index is 1150. The van der Waals surface area contributed by atoms with E-state index in [1.54, 1.807) is 30.3 Å². The summed E-state index contributed by atoms with van der Waals surface area (Å²) in [5, 5.41) is 6.15. The number of furan rings is 1. The van der Waals surface area contributed by atoms with Crippen molar-refractivity contribution < 1.29 is 17.6 Å². The summed E-state index contributed by atoms with van der Waals surface area (Å²) in [6.45, 7) is 5.90. The van der Waals surface area contributed by atoms with E-state index in [0.717, 1.165) is 27.7 Å². The van der Waals surface area contributed by atoms with Crippen molar-refractivity contribution in [3.63, 3.8) is 0 Å². The van der Waals surface area contributed by atoms with Crippen LogP contribution in [0.3, 0.4) is 0 Å². The number of hydrogen-bond donors (Lipinski definition) is 1. The molecule has 0 radical (unpaired) electrons. The molecule has 0 aliphatic rings. The largest absolute Gasteiger partial charge is 0.464 e. The number of sulfonamides is 1. The first kappa shape index (κ1) is 20.1. The van der Waals surface area contributed by atoms with Crippen molar-refractivity contribution in [3.05, 3.63) is 64.9 Å². The fourth-order valence-electron chi connectivity index (χ4n) is 3.15. The number of fused-ring (bicyclic) bond motifs is 1. The van der Waals surface area contributed by atoms with Gasteiger partial charge in [-0.2, -0.15) is 0 Å². The van der Waals surface area contributed by atoms with Gasteiger partial charge in [-0.05, 0) is 61.7 Å². The standard InChI is InChI=1S/C21H24N2O4S/c1-13-8-19-17(12-27-20(19)9-14(13)2)11-21(24)23(4)15(3)16-6-5-7-18(10-16)28(22,25)26/h5-10,12,15H,11H2,1-4H3,(H2,22,25,26). The van der Waals surface area contributed by atoms with Crippen molar-refractivity contribution >= 4 is 26.9 Å². The van der Waals surface area contributed by atoms with Crippen LogP contribution in [0.1, 0.15) is 35.2 Å². The first-order valence-corrected chi connectivity index (χ1v) is 10.5. The predicted octanol–water partition coefficient (Wildman–Crippen LogP) is 3.46. The van der Waals surface area contributed by atoms with Crippen LogP contribution >= 0.6 is 0 Å². The van der Waals surface area contributed by atoms with Gasteiger partial charge in [0.2, 0.25) is 15.9 Å². The van der Waals surface area contributed by atoms with Crippen LogP contribution in [0.15, 0.2) is 52.0 Å². The number of aryl methyl sites for hydroxylation is 2. The maximum Gasteiger partial charge on any atom is 0.238 e. The molecule has 3 aromatic rings. The Morgan fingerprint density at radius 3 is 2.54 bits per heavy atom. The van der Waals surface area contributed by atoms with Gasteiger partial charge in [-0.25, -0.2) is 13.6 Å². The fourth-order valence-corrected chi connectivity index (χ4v) is 3.72. The summed E-state index contributed by atoms with van der Waals surface area (Å²) in [7, 11) is -2.09. The summed E-state index contributed by atoms with van der Waals surface area (Å²) in [5.41, 5.74) is 4.58. The average Bonchev–Trinajstić information content (AvgIpc) is 3.01. The number of likely N-dealkylation sites (N-methyl/N-ethyl adjacent to an activating group) is 1. The Hall–Kier alpha value is -2.64. The normalized spacial score (nSPS) is 12.9. The van der Waals surface area contributed by atoms with Crippen molar-refractivity contribution in [2.75, 3.05) is 7.05 Å². The number of carbonyl (C=O) groups excluding carboxylic acids is 1. The SMILES string of the molecule is Cc1cc2occ(CC(=O)N(C)C(C)c3cccc(S(N)(=O)=O)c3)c2cc1C. The molecular weight excluding hydrogens is 376 g/mol. The van der Waals surface area contributed by atoms with E-state index in [4.69, 9.17) is 9.56 Å². The van der Waals surface area contributed by atoms with Crippen molar-refractivity contribution in [2.45, 2.75) is 38.1 Å². The number of primary sulfonamides is 1. The molecule has 0 saturated heterocycles. The topological polar surface area (TPSA) is 93.6 Å². The van der Waals surface area contributed by atoms with Gasteiger partial charge in [0, 0.05) is 18.0 Å². The second-order valence-electron chi connectivity index (χ2n) is 7.17. The minimum absolute atomic E-state index is 0.0318. The highest BCUT2D eigenvalue weighted by molar-refractivity contribution is 7.89. The maximum atomic E-state index is 12.8. The van der Waals surface area contributed by atoms with E-state index in [9.17, 15) is 13.2 Å². The lowest BCUT2D eigenvalue weighted by Crippen LogP contribution is -2.31. The average molecular weight is 401 g/mol. The van der Waals surface area contributed by atoms with E-state index in [1.807, 2.05) is 32.9 Å². The molecule has 1 amide bonds. The third-order valence-corrected chi connectivity index (χ3v) is 6.17. The highest BCUT2D eigenvalue weighted by atomic mass is 32.2. The molecule has 0 aliphatic heterocycles. The smallest absolute Gasteiger partial charge is 0.238 e. The second kappa shape index (κ2) is 7.41. The predicted molar refractivity (Wildman–Crippen MR) is 108 cm³/mol. The van der Waals surface area contributed by atoms with E-state index < -0.39 is 10.0 Å². The Morgan fingerprint density at radius 1 is 1.18 bits per heavy atom. The monoisotopic (exact) mass is 400 g/mol. The third kappa shape index (κ3) is 3.95. The minimum Gasteiger partial charge on any atom is -0.464 e. The van der Waals surface area contributed by atoms with Gasteiger partial charge in [-0.1, -0.05) is 12.1 Å². The van der Waals surface area contributed by atoms with Gasteiger partial charge in [0.1, 0.15) is 5.58 Å². The van der Waals surface area contributed by atoms with Gasteiger partial charge in [-0.15, -0.1) is 0 Å². The van der Waals surface area contributed by atoms with Gasteiger partial charge in [0.15, 0.2) is 0 Å². The molecule has 2 N–H and O–H groups in total. The van der Waals surface area contributed by atoms with Crippen LogP contribution in [0, 0.1) is 13.8 Å². The van der Waals surface area contributed by atoms with Crippen LogP contribution < -0.4 is 5.14 Å². The molecular formula is C21H24N2O4S. The van der Waals surface area contributed by atoms with Crippen LogP contribution in [-0.4, -0.2) is 26.3 Å². The highest BCUT2D eigenvalue weighted by Gasteiger charge is 2.21. The van der Waals surface area contributed by atoms with Gasteiger partial charge in [0.05, 0.1) is 23.6 Å². The number of nitrogens with zero attached hydrogens (tertiary/aromatic N) is 1. The number of carbonyl (C=O) groups is 1. The number of benzene rings is 2. The number of rotatable bonds is 5. The van der Waals surface area contributed by atoms with Crippen LogP contribution in [0.25, 0.3) is 11.0 Å². The molecule has 28 heavy (non-hydrogen) atoms.